The second-order valence-corrected chi connectivity index (χ2v) is 4.22. The van der Waals surface area contributed by atoms with Gasteiger partial charge in [0.05, 0.1) is 5.56 Å². The third-order valence-electron chi connectivity index (χ3n) is 1.57. The van der Waals surface area contributed by atoms with E-state index >= 15 is 0 Å². The quantitative estimate of drug-likeness (QED) is 0.759. The van der Waals surface area contributed by atoms with E-state index in [0.29, 0.717) is 12.1 Å². The van der Waals surface area contributed by atoms with Crippen molar-refractivity contribution in [2.75, 3.05) is 0 Å². The van der Waals surface area contributed by atoms with Gasteiger partial charge in [0.2, 0.25) is 10.0 Å². The summed E-state index contributed by atoms with van der Waals surface area (Å²) in [6.07, 6.45) is -4.72. The monoisotopic (exact) mass is 243 g/mol. The molecule has 3 nitrogen and oxygen atoms in total. The fourth-order valence-corrected chi connectivity index (χ4v) is 1.50. The van der Waals surface area contributed by atoms with Crippen LogP contribution in [0.2, 0.25) is 0 Å². The minimum absolute atomic E-state index is 0.0831. The summed E-state index contributed by atoms with van der Waals surface area (Å²) in [5.74, 6) is -1.52. The Hall–Kier alpha value is -1.15. The van der Waals surface area contributed by atoms with E-state index in [1.54, 1.807) is 0 Å². The molecule has 0 amide bonds. The van der Waals surface area contributed by atoms with Crippen molar-refractivity contribution >= 4 is 10.0 Å². The van der Waals surface area contributed by atoms with Crippen LogP contribution in [0.5, 0.6) is 0 Å². The molecule has 0 unspecified atom stereocenters. The first kappa shape index (κ1) is 11.9. The van der Waals surface area contributed by atoms with Gasteiger partial charge >= 0.3 is 6.18 Å². The van der Waals surface area contributed by atoms with Crippen molar-refractivity contribution in [3.05, 3.63) is 29.6 Å². The lowest BCUT2D eigenvalue weighted by molar-refractivity contribution is -0.137. The summed E-state index contributed by atoms with van der Waals surface area (Å²) in [7, 11) is -4.34. The molecule has 8 heteroatoms. The molecule has 0 bridgehead atoms. The lowest BCUT2D eigenvalue weighted by atomic mass is 10.2. The maximum atomic E-state index is 12.9. The molecule has 0 saturated carbocycles. The van der Waals surface area contributed by atoms with E-state index in [1.807, 2.05) is 0 Å². The summed E-state index contributed by atoms with van der Waals surface area (Å²) >= 11 is 0. The van der Waals surface area contributed by atoms with Gasteiger partial charge in [0.25, 0.3) is 0 Å². The predicted octanol–water partition coefficient (Wildman–Crippen LogP) is 1.49. The highest BCUT2D eigenvalue weighted by Gasteiger charge is 2.32. The lowest BCUT2D eigenvalue weighted by Crippen LogP contribution is -2.15. The highest BCUT2D eigenvalue weighted by molar-refractivity contribution is 7.89. The Kier molecular flexibility index (Phi) is 2.75. The average molecular weight is 243 g/mol. The van der Waals surface area contributed by atoms with Crippen LogP contribution in [-0.2, 0) is 16.2 Å². The number of nitrogens with two attached hydrogens (primary N) is 1. The van der Waals surface area contributed by atoms with Gasteiger partial charge in [0.15, 0.2) is 0 Å². The molecule has 0 aliphatic heterocycles. The fourth-order valence-electron chi connectivity index (χ4n) is 0.908. The van der Waals surface area contributed by atoms with Gasteiger partial charge in [0, 0.05) is 0 Å². The highest BCUT2D eigenvalue weighted by atomic mass is 32.2. The van der Waals surface area contributed by atoms with Crippen LogP contribution in [0.4, 0.5) is 17.6 Å². The van der Waals surface area contributed by atoms with Crippen LogP contribution in [0.1, 0.15) is 5.56 Å². The van der Waals surface area contributed by atoms with Crippen LogP contribution in [-0.4, -0.2) is 8.42 Å². The van der Waals surface area contributed by atoms with Gasteiger partial charge in [-0.3, -0.25) is 0 Å². The van der Waals surface area contributed by atoms with Crippen LogP contribution >= 0.6 is 0 Å². The summed E-state index contributed by atoms with van der Waals surface area (Å²) in [6, 6.07) is 1.01. The van der Waals surface area contributed by atoms with E-state index in [0.717, 1.165) is 0 Å². The van der Waals surface area contributed by atoms with E-state index in [2.05, 4.69) is 5.14 Å². The number of halogens is 4. The molecule has 1 rings (SSSR count). The first-order valence-corrected chi connectivity index (χ1v) is 5.06. The third kappa shape index (κ3) is 2.66. The van der Waals surface area contributed by atoms with Crippen LogP contribution < -0.4 is 5.14 Å². The van der Waals surface area contributed by atoms with Gasteiger partial charge in [0.1, 0.15) is 10.7 Å². The van der Waals surface area contributed by atoms with Gasteiger partial charge < -0.3 is 0 Å². The predicted molar refractivity (Wildman–Crippen MR) is 42.8 cm³/mol. The average Bonchev–Trinajstić information content (AvgIpc) is 1.99. The Balaban J connectivity index is 3.34. The molecule has 0 aliphatic carbocycles. The molecule has 0 atom stereocenters. The molecule has 0 heterocycles. The lowest BCUT2D eigenvalue weighted by Gasteiger charge is -2.07. The molecular weight excluding hydrogens is 238 g/mol. The zero-order valence-corrected chi connectivity index (χ0v) is 7.86. The van der Waals surface area contributed by atoms with E-state index in [-0.39, 0.29) is 6.07 Å². The van der Waals surface area contributed by atoms with Crippen molar-refractivity contribution in [2.45, 2.75) is 11.1 Å². The maximum absolute atomic E-state index is 12.9. The van der Waals surface area contributed by atoms with Crippen LogP contribution in [0, 0.1) is 5.82 Å². The number of hydrogen-bond acceptors (Lipinski definition) is 2. The summed E-state index contributed by atoms with van der Waals surface area (Å²) in [5.41, 5.74) is -1.27. The number of rotatable bonds is 1. The number of sulfonamides is 1. The fraction of sp³-hybridized carbons (Fsp3) is 0.143. The van der Waals surface area contributed by atoms with Crippen molar-refractivity contribution in [1.82, 2.24) is 0 Å². The molecule has 15 heavy (non-hydrogen) atoms. The Labute approximate surface area is 82.6 Å². The molecule has 1 aromatic rings. The van der Waals surface area contributed by atoms with Crippen molar-refractivity contribution in [3.8, 4) is 0 Å². The number of hydrogen-bond donors (Lipinski definition) is 1. The second-order valence-electron chi connectivity index (χ2n) is 2.69. The highest BCUT2D eigenvalue weighted by Crippen LogP contribution is 2.30. The van der Waals surface area contributed by atoms with Gasteiger partial charge in [-0.25, -0.2) is 17.9 Å². The van der Waals surface area contributed by atoms with Crippen molar-refractivity contribution < 1.29 is 26.0 Å². The molecule has 0 fully saturated rings. The van der Waals surface area contributed by atoms with E-state index in [4.69, 9.17) is 0 Å². The Bertz CT molecular complexity index is 480. The molecular formula is C7H5F4NO2S. The Morgan fingerprint density at radius 3 is 2.07 bits per heavy atom. The first-order chi connectivity index (χ1) is 6.62. The molecule has 0 spiro atoms. The standard InChI is InChI=1S/C7H5F4NO2S/c8-5-3-4(7(9,10)11)1-2-6(5)15(12,13)14/h1-3H,(H2,12,13,14). The van der Waals surface area contributed by atoms with Gasteiger partial charge in [-0.15, -0.1) is 0 Å². The van der Waals surface area contributed by atoms with Crippen LogP contribution in [0.25, 0.3) is 0 Å². The zero-order valence-electron chi connectivity index (χ0n) is 7.05. The van der Waals surface area contributed by atoms with Crippen molar-refractivity contribution in [2.24, 2.45) is 5.14 Å². The molecule has 1 aromatic carbocycles. The third-order valence-corrected chi connectivity index (χ3v) is 2.51. The van der Waals surface area contributed by atoms with Crippen LogP contribution in [0.3, 0.4) is 0 Å². The van der Waals surface area contributed by atoms with E-state index in [9.17, 15) is 26.0 Å². The molecule has 0 aromatic heterocycles. The molecule has 0 radical (unpaired) electrons. The topological polar surface area (TPSA) is 60.2 Å². The molecule has 0 saturated heterocycles. The normalized spacial score (nSPS) is 12.9. The number of alkyl halides is 3. The molecule has 84 valence electrons. The minimum atomic E-state index is -4.72. The SMILES string of the molecule is NS(=O)(=O)c1ccc(C(F)(F)F)cc1F. The number of primary sulfonamides is 1. The van der Waals surface area contributed by atoms with Gasteiger partial charge in [-0.2, -0.15) is 13.2 Å². The van der Waals surface area contributed by atoms with Gasteiger partial charge in [-0.05, 0) is 18.2 Å². The van der Waals surface area contributed by atoms with Crippen molar-refractivity contribution in [3.63, 3.8) is 0 Å². The maximum Gasteiger partial charge on any atom is 0.416 e. The smallest absolute Gasteiger partial charge is 0.225 e. The second kappa shape index (κ2) is 3.46. The summed E-state index contributed by atoms with van der Waals surface area (Å²) in [5, 5.41) is 4.57. The van der Waals surface area contributed by atoms with Crippen molar-refractivity contribution in [1.29, 1.82) is 0 Å². The largest absolute Gasteiger partial charge is 0.416 e. The minimum Gasteiger partial charge on any atom is -0.225 e. The van der Waals surface area contributed by atoms with Gasteiger partial charge in [-0.1, -0.05) is 0 Å². The number of benzene rings is 1. The van der Waals surface area contributed by atoms with E-state index in [1.165, 1.54) is 0 Å². The Morgan fingerprint density at radius 2 is 1.73 bits per heavy atom. The molecule has 0 aliphatic rings. The summed E-state index contributed by atoms with van der Waals surface area (Å²) in [6.45, 7) is 0. The molecule has 2 N–H and O–H groups in total. The Morgan fingerprint density at radius 1 is 1.20 bits per heavy atom. The summed E-state index contributed by atoms with van der Waals surface area (Å²) < 4.78 is 70.4. The zero-order chi connectivity index (χ0) is 11.9. The van der Waals surface area contributed by atoms with E-state index < -0.39 is 32.5 Å². The van der Waals surface area contributed by atoms with Crippen LogP contribution in [0.15, 0.2) is 23.1 Å². The first-order valence-electron chi connectivity index (χ1n) is 3.52. The summed E-state index contributed by atoms with van der Waals surface area (Å²) in [4.78, 5) is -0.962.